The zero-order valence-corrected chi connectivity index (χ0v) is 8.95. The second-order valence-electron chi connectivity index (χ2n) is 3.21. The molecule has 1 aromatic carbocycles. The van der Waals surface area contributed by atoms with E-state index >= 15 is 0 Å². The SMILES string of the molecule is CCNc1cc(F)cc(C)c1NCC. The Balaban J connectivity index is 3.07. The van der Waals surface area contributed by atoms with E-state index in [0.717, 1.165) is 30.0 Å². The lowest BCUT2D eigenvalue weighted by Crippen LogP contribution is -2.06. The number of benzene rings is 1. The number of hydrogen-bond acceptors (Lipinski definition) is 2. The van der Waals surface area contributed by atoms with E-state index in [1.807, 2.05) is 20.8 Å². The number of nitrogens with one attached hydrogen (secondary N) is 2. The van der Waals surface area contributed by atoms with Crippen LogP contribution in [0.3, 0.4) is 0 Å². The molecular formula is C11H17FN2. The molecule has 3 heteroatoms. The Bertz CT molecular complexity index is 310. The van der Waals surface area contributed by atoms with Crippen LogP contribution in [-0.2, 0) is 0 Å². The number of anilines is 2. The van der Waals surface area contributed by atoms with Gasteiger partial charge in [0.25, 0.3) is 0 Å². The van der Waals surface area contributed by atoms with Gasteiger partial charge in [-0.2, -0.15) is 0 Å². The average Bonchev–Trinajstić information content (AvgIpc) is 2.11. The van der Waals surface area contributed by atoms with Crippen molar-refractivity contribution in [3.05, 3.63) is 23.5 Å². The first-order valence-corrected chi connectivity index (χ1v) is 4.97. The van der Waals surface area contributed by atoms with Crippen molar-refractivity contribution in [2.45, 2.75) is 20.8 Å². The molecule has 0 radical (unpaired) electrons. The van der Waals surface area contributed by atoms with Crippen LogP contribution in [0, 0.1) is 12.7 Å². The fraction of sp³-hybridized carbons (Fsp3) is 0.455. The van der Waals surface area contributed by atoms with Gasteiger partial charge in [0.1, 0.15) is 5.82 Å². The van der Waals surface area contributed by atoms with Crippen molar-refractivity contribution >= 4 is 11.4 Å². The number of rotatable bonds is 4. The van der Waals surface area contributed by atoms with Gasteiger partial charge in [0.05, 0.1) is 11.4 Å². The molecule has 0 aliphatic carbocycles. The van der Waals surface area contributed by atoms with Crippen molar-refractivity contribution in [1.29, 1.82) is 0 Å². The van der Waals surface area contributed by atoms with Gasteiger partial charge in [-0.3, -0.25) is 0 Å². The predicted octanol–water partition coefficient (Wildman–Crippen LogP) is 3.00. The Kier molecular flexibility index (Phi) is 3.74. The van der Waals surface area contributed by atoms with Crippen LogP contribution in [0.25, 0.3) is 0 Å². The lowest BCUT2D eigenvalue weighted by Gasteiger charge is -2.14. The van der Waals surface area contributed by atoms with Crippen molar-refractivity contribution in [2.24, 2.45) is 0 Å². The summed E-state index contributed by atoms with van der Waals surface area (Å²) >= 11 is 0. The van der Waals surface area contributed by atoms with E-state index in [1.54, 1.807) is 6.07 Å². The van der Waals surface area contributed by atoms with Crippen LogP contribution in [-0.4, -0.2) is 13.1 Å². The summed E-state index contributed by atoms with van der Waals surface area (Å²) < 4.78 is 13.1. The van der Waals surface area contributed by atoms with Gasteiger partial charge in [-0.1, -0.05) is 0 Å². The highest BCUT2D eigenvalue weighted by Gasteiger charge is 2.06. The number of aryl methyl sites for hydroxylation is 1. The van der Waals surface area contributed by atoms with Crippen LogP contribution in [0.2, 0.25) is 0 Å². The fourth-order valence-electron chi connectivity index (χ4n) is 1.48. The Morgan fingerprint density at radius 1 is 1.14 bits per heavy atom. The molecule has 0 fully saturated rings. The van der Waals surface area contributed by atoms with Gasteiger partial charge < -0.3 is 10.6 Å². The first-order valence-electron chi connectivity index (χ1n) is 4.97. The van der Waals surface area contributed by atoms with Crippen molar-refractivity contribution < 1.29 is 4.39 Å². The van der Waals surface area contributed by atoms with Gasteiger partial charge in [-0.05, 0) is 38.5 Å². The maximum Gasteiger partial charge on any atom is 0.125 e. The number of halogens is 1. The molecule has 0 unspecified atom stereocenters. The zero-order valence-electron chi connectivity index (χ0n) is 8.95. The molecule has 0 aliphatic heterocycles. The van der Waals surface area contributed by atoms with Gasteiger partial charge >= 0.3 is 0 Å². The van der Waals surface area contributed by atoms with E-state index < -0.39 is 0 Å². The molecule has 0 bridgehead atoms. The van der Waals surface area contributed by atoms with E-state index in [2.05, 4.69) is 10.6 Å². The maximum atomic E-state index is 13.1. The highest BCUT2D eigenvalue weighted by molar-refractivity contribution is 5.72. The molecule has 2 nitrogen and oxygen atoms in total. The van der Waals surface area contributed by atoms with Crippen LogP contribution < -0.4 is 10.6 Å². The third-order valence-corrected chi connectivity index (χ3v) is 2.02. The van der Waals surface area contributed by atoms with Crippen LogP contribution in [0.1, 0.15) is 19.4 Å². The average molecular weight is 196 g/mol. The molecule has 0 amide bonds. The van der Waals surface area contributed by atoms with Crippen LogP contribution in [0.4, 0.5) is 15.8 Å². The van der Waals surface area contributed by atoms with Gasteiger partial charge in [0.15, 0.2) is 0 Å². The minimum atomic E-state index is -0.194. The van der Waals surface area contributed by atoms with Gasteiger partial charge in [0, 0.05) is 13.1 Å². The lowest BCUT2D eigenvalue weighted by atomic mass is 10.1. The fourth-order valence-corrected chi connectivity index (χ4v) is 1.48. The highest BCUT2D eigenvalue weighted by Crippen LogP contribution is 2.26. The summed E-state index contributed by atoms with van der Waals surface area (Å²) in [7, 11) is 0. The molecule has 0 aliphatic rings. The van der Waals surface area contributed by atoms with Gasteiger partial charge in [-0.25, -0.2) is 4.39 Å². The van der Waals surface area contributed by atoms with E-state index in [9.17, 15) is 4.39 Å². The zero-order chi connectivity index (χ0) is 10.6. The second kappa shape index (κ2) is 4.84. The largest absolute Gasteiger partial charge is 0.384 e. The molecule has 1 rings (SSSR count). The van der Waals surface area contributed by atoms with E-state index in [0.29, 0.717) is 0 Å². The predicted molar refractivity (Wildman–Crippen MR) is 59.5 cm³/mol. The van der Waals surface area contributed by atoms with Crippen molar-refractivity contribution in [2.75, 3.05) is 23.7 Å². The maximum absolute atomic E-state index is 13.1. The molecule has 0 atom stereocenters. The highest BCUT2D eigenvalue weighted by atomic mass is 19.1. The van der Waals surface area contributed by atoms with E-state index in [4.69, 9.17) is 0 Å². The van der Waals surface area contributed by atoms with Gasteiger partial charge in [-0.15, -0.1) is 0 Å². The first-order chi connectivity index (χ1) is 6.69. The molecule has 0 saturated heterocycles. The molecule has 1 aromatic rings. The molecule has 0 aromatic heterocycles. The first kappa shape index (κ1) is 10.8. The molecule has 0 heterocycles. The molecular weight excluding hydrogens is 179 g/mol. The Morgan fingerprint density at radius 3 is 2.36 bits per heavy atom. The quantitative estimate of drug-likeness (QED) is 0.773. The normalized spacial score (nSPS) is 10.0. The van der Waals surface area contributed by atoms with E-state index in [-0.39, 0.29) is 5.82 Å². The molecule has 78 valence electrons. The second-order valence-corrected chi connectivity index (χ2v) is 3.21. The molecule has 14 heavy (non-hydrogen) atoms. The minimum Gasteiger partial charge on any atom is -0.384 e. The molecule has 2 N–H and O–H groups in total. The Morgan fingerprint density at radius 2 is 1.79 bits per heavy atom. The van der Waals surface area contributed by atoms with Crippen LogP contribution in [0.5, 0.6) is 0 Å². The lowest BCUT2D eigenvalue weighted by molar-refractivity contribution is 0.627. The summed E-state index contributed by atoms with van der Waals surface area (Å²) in [4.78, 5) is 0. The summed E-state index contributed by atoms with van der Waals surface area (Å²) in [6.07, 6.45) is 0. The Hall–Kier alpha value is -1.25. The third kappa shape index (κ3) is 2.37. The summed E-state index contributed by atoms with van der Waals surface area (Å²) in [5, 5.41) is 6.37. The minimum absolute atomic E-state index is 0.194. The summed E-state index contributed by atoms with van der Waals surface area (Å²) in [6.45, 7) is 7.56. The molecule has 0 saturated carbocycles. The topological polar surface area (TPSA) is 24.1 Å². The van der Waals surface area contributed by atoms with Crippen LogP contribution in [0.15, 0.2) is 12.1 Å². The van der Waals surface area contributed by atoms with Crippen molar-refractivity contribution in [3.8, 4) is 0 Å². The summed E-state index contributed by atoms with van der Waals surface area (Å²) in [5.74, 6) is -0.194. The van der Waals surface area contributed by atoms with Crippen molar-refractivity contribution in [3.63, 3.8) is 0 Å². The Labute approximate surface area is 84.5 Å². The standard InChI is InChI=1S/C11H17FN2/c1-4-13-10-7-9(12)6-8(3)11(10)14-5-2/h6-7,13-14H,4-5H2,1-3H3. The van der Waals surface area contributed by atoms with Crippen molar-refractivity contribution in [1.82, 2.24) is 0 Å². The summed E-state index contributed by atoms with van der Waals surface area (Å²) in [6, 6.07) is 3.06. The smallest absolute Gasteiger partial charge is 0.125 e. The van der Waals surface area contributed by atoms with Crippen LogP contribution >= 0.6 is 0 Å². The molecule has 0 spiro atoms. The van der Waals surface area contributed by atoms with Gasteiger partial charge in [0.2, 0.25) is 0 Å². The van der Waals surface area contributed by atoms with E-state index in [1.165, 1.54) is 6.07 Å². The third-order valence-electron chi connectivity index (χ3n) is 2.02. The summed E-state index contributed by atoms with van der Waals surface area (Å²) in [5.41, 5.74) is 2.77. The monoisotopic (exact) mass is 196 g/mol. The number of hydrogen-bond donors (Lipinski definition) is 2.